The summed E-state index contributed by atoms with van der Waals surface area (Å²) in [5, 5.41) is 0.879. The van der Waals surface area contributed by atoms with Crippen LogP contribution in [-0.2, 0) is 16.0 Å². The van der Waals surface area contributed by atoms with Gasteiger partial charge in [0.1, 0.15) is 6.04 Å². The number of esters is 1. The summed E-state index contributed by atoms with van der Waals surface area (Å²) in [6.07, 6.45) is 0.312. The van der Waals surface area contributed by atoms with Gasteiger partial charge in [-0.3, -0.25) is 4.79 Å². The van der Waals surface area contributed by atoms with Crippen molar-refractivity contribution in [2.45, 2.75) is 12.5 Å². The van der Waals surface area contributed by atoms with E-state index in [1.54, 1.807) is 18.2 Å². The van der Waals surface area contributed by atoms with E-state index in [1.807, 2.05) is 0 Å². The summed E-state index contributed by atoms with van der Waals surface area (Å²) in [5.74, 6) is -0.467. The number of hydrogen-bond acceptors (Lipinski definition) is 3. The van der Waals surface area contributed by atoms with Gasteiger partial charge in [-0.1, -0.05) is 35.3 Å². The van der Waals surface area contributed by atoms with Crippen LogP contribution in [0.2, 0.25) is 10.0 Å². The largest absolute Gasteiger partial charge is 0.468 e. The number of ether oxygens (including phenoxy) is 1. The summed E-state index contributed by atoms with van der Waals surface area (Å²) >= 11 is 11.8. The van der Waals surface area contributed by atoms with E-state index >= 15 is 0 Å². The van der Waals surface area contributed by atoms with Crippen molar-refractivity contribution in [1.29, 1.82) is 0 Å². The second-order valence-electron chi connectivity index (χ2n) is 3.05. The molecule has 0 fully saturated rings. The number of nitrogens with two attached hydrogens (primary N) is 1. The lowest BCUT2D eigenvalue weighted by atomic mass is 10.1. The minimum Gasteiger partial charge on any atom is -0.468 e. The van der Waals surface area contributed by atoms with E-state index in [1.165, 1.54) is 7.11 Å². The van der Waals surface area contributed by atoms with Gasteiger partial charge in [-0.15, -0.1) is 0 Å². The zero-order valence-corrected chi connectivity index (χ0v) is 9.68. The number of carbonyl (C=O) groups excluding carboxylic acids is 1. The Morgan fingerprint density at radius 2 is 2.20 bits per heavy atom. The van der Waals surface area contributed by atoms with Gasteiger partial charge in [-0.25, -0.2) is 0 Å². The number of carbonyl (C=O) groups is 1. The van der Waals surface area contributed by atoms with Gasteiger partial charge in [-0.05, 0) is 18.1 Å². The molecule has 2 N–H and O–H groups in total. The quantitative estimate of drug-likeness (QED) is 0.832. The lowest BCUT2D eigenvalue weighted by molar-refractivity contribution is -0.142. The summed E-state index contributed by atoms with van der Waals surface area (Å²) in [7, 11) is 1.29. The van der Waals surface area contributed by atoms with Crippen molar-refractivity contribution in [3.8, 4) is 0 Å². The number of methoxy groups -OCH3 is 1. The van der Waals surface area contributed by atoms with E-state index in [0.29, 0.717) is 16.5 Å². The van der Waals surface area contributed by atoms with Gasteiger partial charge >= 0.3 is 5.97 Å². The average molecular weight is 248 g/mol. The fourth-order valence-electron chi connectivity index (χ4n) is 1.18. The van der Waals surface area contributed by atoms with E-state index in [4.69, 9.17) is 28.9 Å². The van der Waals surface area contributed by atoms with Gasteiger partial charge in [0.05, 0.1) is 17.2 Å². The molecule has 0 heterocycles. The maximum absolute atomic E-state index is 11.1. The van der Waals surface area contributed by atoms with Crippen LogP contribution in [0, 0.1) is 0 Å². The fourth-order valence-corrected chi connectivity index (χ4v) is 1.57. The smallest absolute Gasteiger partial charge is 0.322 e. The molecule has 0 amide bonds. The molecule has 0 radical (unpaired) electrons. The monoisotopic (exact) mass is 247 g/mol. The standard InChI is InChI=1S/C10H11Cl2NO2/c1-15-10(14)8(13)5-6-3-2-4-7(11)9(6)12/h2-4,8H,5,13H2,1H3/t8-/m0/s1. The Bertz CT molecular complexity index is 368. The lowest BCUT2D eigenvalue weighted by Gasteiger charge is -2.10. The van der Waals surface area contributed by atoms with Crippen LogP contribution in [0.4, 0.5) is 0 Å². The van der Waals surface area contributed by atoms with Crippen molar-refractivity contribution >= 4 is 29.2 Å². The van der Waals surface area contributed by atoms with Gasteiger partial charge in [0.2, 0.25) is 0 Å². The highest BCUT2D eigenvalue weighted by Crippen LogP contribution is 2.26. The van der Waals surface area contributed by atoms with Gasteiger partial charge in [0.15, 0.2) is 0 Å². The van der Waals surface area contributed by atoms with Crippen LogP contribution < -0.4 is 5.73 Å². The molecular formula is C10H11Cl2NO2. The normalized spacial score (nSPS) is 12.3. The number of halogens is 2. The van der Waals surface area contributed by atoms with Gasteiger partial charge in [0, 0.05) is 0 Å². The number of hydrogen-bond donors (Lipinski definition) is 1. The maximum Gasteiger partial charge on any atom is 0.322 e. The summed E-state index contributed by atoms with van der Waals surface area (Å²) in [4.78, 5) is 11.1. The summed E-state index contributed by atoms with van der Waals surface area (Å²) in [5.41, 5.74) is 6.34. The van der Waals surface area contributed by atoms with Crippen LogP contribution in [0.5, 0.6) is 0 Å². The van der Waals surface area contributed by atoms with Crippen molar-refractivity contribution in [2.75, 3.05) is 7.11 Å². The van der Waals surface area contributed by atoms with Gasteiger partial charge < -0.3 is 10.5 Å². The zero-order chi connectivity index (χ0) is 11.4. The molecule has 0 spiro atoms. The van der Waals surface area contributed by atoms with Crippen LogP contribution in [0.1, 0.15) is 5.56 Å². The number of rotatable bonds is 3. The third-order valence-corrected chi connectivity index (χ3v) is 2.83. The molecule has 1 rings (SSSR count). The molecule has 0 aliphatic rings. The van der Waals surface area contributed by atoms with E-state index in [0.717, 1.165) is 5.56 Å². The van der Waals surface area contributed by atoms with Gasteiger partial charge in [0.25, 0.3) is 0 Å². The molecule has 0 aliphatic carbocycles. The van der Waals surface area contributed by atoms with Crippen LogP contribution in [0.3, 0.4) is 0 Å². The third kappa shape index (κ3) is 3.09. The first-order valence-corrected chi connectivity index (χ1v) is 5.08. The SMILES string of the molecule is COC(=O)[C@@H](N)Cc1cccc(Cl)c1Cl. The lowest BCUT2D eigenvalue weighted by Crippen LogP contribution is -2.33. The minimum atomic E-state index is -0.717. The summed E-state index contributed by atoms with van der Waals surface area (Å²) < 4.78 is 4.51. The molecule has 0 aromatic heterocycles. The maximum atomic E-state index is 11.1. The van der Waals surface area contributed by atoms with Crippen molar-refractivity contribution in [3.05, 3.63) is 33.8 Å². The Balaban J connectivity index is 2.81. The highest BCUT2D eigenvalue weighted by atomic mass is 35.5. The Morgan fingerprint density at radius 1 is 1.53 bits per heavy atom. The van der Waals surface area contributed by atoms with Gasteiger partial charge in [-0.2, -0.15) is 0 Å². The first-order chi connectivity index (χ1) is 7.06. The zero-order valence-electron chi connectivity index (χ0n) is 8.17. The van der Waals surface area contributed by atoms with Crippen LogP contribution in [-0.4, -0.2) is 19.1 Å². The Labute approximate surface area is 98.1 Å². The minimum absolute atomic E-state index is 0.312. The van der Waals surface area contributed by atoms with E-state index in [9.17, 15) is 4.79 Å². The van der Waals surface area contributed by atoms with Crippen molar-refractivity contribution in [1.82, 2.24) is 0 Å². The first-order valence-electron chi connectivity index (χ1n) is 4.32. The van der Waals surface area contributed by atoms with E-state index < -0.39 is 12.0 Å². The summed E-state index contributed by atoms with van der Waals surface area (Å²) in [6, 6.07) is 4.49. The molecule has 82 valence electrons. The molecular weight excluding hydrogens is 237 g/mol. The molecule has 0 unspecified atom stereocenters. The molecule has 0 saturated carbocycles. The highest BCUT2D eigenvalue weighted by molar-refractivity contribution is 6.42. The molecule has 15 heavy (non-hydrogen) atoms. The second kappa shape index (κ2) is 5.35. The molecule has 0 bridgehead atoms. The first kappa shape index (κ1) is 12.3. The van der Waals surface area contributed by atoms with Crippen molar-refractivity contribution in [3.63, 3.8) is 0 Å². The summed E-state index contributed by atoms with van der Waals surface area (Å²) in [6.45, 7) is 0. The van der Waals surface area contributed by atoms with E-state index in [-0.39, 0.29) is 0 Å². The topological polar surface area (TPSA) is 52.3 Å². The number of benzene rings is 1. The Kier molecular flexibility index (Phi) is 4.39. The molecule has 5 heteroatoms. The van der Waals surface area contributed by atoms with Crippen LogP contribution >= 0.6 is 23.2 Å². The molecule has 1 aromatic rings. The molecule has 0 aliphatic heterocycles. The average Bonchev–Trinajstić information content (AvgIpc) is 2.23. The predicted octanol–water partition coefficient (Wildman–Crippen LogP) is 2.04. The second-order valence-corrected chi connectivity index (χ2v) is 3.83. The van der Waals surface area contributed by atoms with Crippen molar-refractivity contribution < 1.29 is 9.53 Å². The predicted molar refractivity (Wildman–Crippen MR) is 60.2 cm³/mol. The Hall–Kier alpha value is -0.770. The Morgan fingerprint density at radius 3 is 2.80 bits per heavy atom. The van der Waals surface area contributed by atoms with Crippen molar-refractivity contribution in [2.24, 2.45) is 5.73 Å². The van der Waals surface area contributed by atoms with E-state index in [2.05, 4.69) is 4.74 Å². The molecule has 3 nitrogen and oxygen atoms in total. The molecule has 1 aromatic carbocycles. The van der Waals surface area contributed by atoms with Crippen LogP contribution in [0.15, 0.2) is 18.2 Å². The molecule has 1 atom stereocenters. The highest BCUT2D eigenvalue weighted by Gasteiger charge is 2.16. The fraction of sp³-hybridized carbons (Fsp3) is 0.300. The van der Waals surface area contributed by atoms with Crippen LogP contribution in [0.25, 0.3) is 0 Å². The third-order valence-electron chi connectivity index (χ3n) is 1.98. The molecule has 0 saturated heterocycles.